The highest BCUT2D eigenvalue weighted by Gasteiger charge is 2.25. The van der Waals surface area contributed by atoms with Crippen LogP contribution in [-0.4, -0.2) is 69.7 Å². The maximum Gasteiger partial charge on any atom is 0.329 e. The van der Waals surface area contributed by atoms with E-state index in [2.05, 4.69) is 23.8 Å². The van der Waals surface area contributed by atoms with Crippen LogP contribution >= 0.6 is 21.6 Å². The molecule has 2 atom stereocenters. The summed E-state index contributed by atoms with van der Waals surface area (Å²) in [5.74, 6) is -1.32. The molecule has 0 radical (unpaired) electrons. The van der Waals surface area contributed by atoms with Crippen LogP contribution in [0.25, 0.3) is 0 Å². The Hall–Kier alpha value is -3.38. The van der Waals surface area contributed by atoms with Crippen LogP contribution in [0, 0.1) is 0 Å². The number of aromatic nitrogens is 2. The highest BCUT2D eigenvalue weighted by molar-refractivity contribution is 8.76. The molecule has 0 saturated heterocycles. The minimum Gasteiger partial charge on any atom is -0.460 e. The molecule has 2 aromatic rings. The zero-order valence-electron chi connectivity index (χ0n) is 21.2. The summed E-state index contributed by atoms with van der Waals surface area (Å²) in [6.45, 7) is 8.08. The summed E-state index contributed by atoms with van der Waals surface area (Å²) in [5, 5.41) is 5.44. The van der Waals surface area contributed by atoms with Crippen molar-refractivity contribution in [1.29, 1.82) is 0 Å². The second kappa shape index (κ2) is 18.0. The molecule has 12 heteroatoms. The molecule has 0 aliphatic carbocycles. The number of carbonyl (C=O) groups excluding carboxylic acids is 4. The molecule has 0 fully saturated rings. The zero-order chi connectivity index (χ0) is 27.6. The summed E-state index contributed by atoms with van der Waals surface area (Å²) >= 11 is 0. The summed E-state index contributed by atoms with van der Waals surface area (Å²) in [4.78, 5) is 49.8. The van der Waals surface area contributed by atoms with E-state index in [-0.39, 0.29) is 49.4 Å². The van der Waals surface area contributed by atoms with Gasteiger partial charge in [0.05, 0.1) is 0 Å². The van der Waals surface area contributed by atoms with Crippen LogP contribution in [0.15, 0.2) is 74.4 Å². The highest BCUT2D eigenvalue weighted by Crippen LogP contribution is 2.24. The first-order valence-corrected chi connectivity index (χ1v) is 14.5. The fourth-order valence-electron chi connectivity index (χ4n) is 3.09. The molecule has 2 N–H and O–H groups in total. The van der Waals surface area contributed by atoms with Crippen LogP contribution in [0.1, 0.15) is 12.8 Å². The number of hydrogen-bond acceptors (Lipinski definition) is 8. The van der Waals surface area contributed by atoms with Gasteiger partial charge in [-0.15, -0.1) is 0 Å². The predicted molar refractivity (Wildman–Crippen MR) is 149 cm³/mol. The third kappa shape index (κ3) is 12.2. The molecule has 38 heavy (non-hydrogen) atoms. The Bertz CT molecular complexity index is 944. The van der Waals surface area contributed by atoms with Gasteiger partial charge in [0, 0.05) is 62.2 Å². The number of aryl methyl sites for hydroxylation is 2. The normalized spacial score (nSPS) is 12.1. The fourth-order valence-corrected chi connectivity index (χ4v) is 5.38. The highest BCUT2D eigenvalue weighted by atomic mass is 33.1. The topological polar surface area (TPSA) is 121 Å². The number of esters is 2. The van der Waals surface area contributed by atoms with Gasteiger partial charge in [0.2, 0.25) is 11.8 Å². The minimum absolute atomic E-state index is 0.0264. The van der Waals surface area contributed by atoms with Gasteiger partial charge in [0.25, 0.3) is 0 Å². The molecule has 0 aliphatic rings. The number of hydrogen-bond donors (Lipinski definition) is 2. The van der Waals surface area contributed by atoms with Crippen molar-refractivity contribution in [2.45, 2.75) is 38.0 Å². The third-order valence-electron chi connectivity index (χ3n) is 5.01. The Morgan fingerprint density at radius 3 is 1.42 bits per heavy atom. The van der Waals surface area contributed by atoms with E-state index >= 15 is 0 Å². The van der Waals surface area contributed by atoms with Gasteiger partial charge in [-0.25, -0.2) is 9.59 Å². The Kier molecular flexibility index (Phi) is 14.6. The van der Waals surface area contributed by atoms with Crippen LogP contribution in [0.2, 0.25) is 0 Å². The van der Waals surface area contributed by atoms with Crippen molar-refractivity contribution >= 4 is 45.3 Å². The van der Waals surface area contributed by atoms with Crippen molar-refractivity contribution in [2.24, 2.45) is 0 Å². The van der Waals surface area contributed by atoms with Gasteiger partial charge in [-0.05, 0) is 24.3 Å². The van der Waals surface area contributed by atoms with E-state index in [4.69, 9.17) is 9.47 Å². The first-order chi connectivity index (χ1) is 18.4. The molecule has 2 amide bonds. The molecule has 0 spiro atoms. The van der Waals surface area contributed by atoms with Gasteiger partial charge in [-0.3, -0.25) is 9.59 Å². The first kappa shape index (κ1) is 30.8. The molecule has 10 nitrogen and oxygen atoms in total. The minimum atomic E-state index is -0.882. The smallest absolute Gasteiger partial charge is 0.329 e. The number of carbonyl (C=O) groups is 4. The Morgan fingerprint density at radius 2 is 1.08 bits per heavy atom. The monoisotopic (exact) mass is 562 g/mol. The van der Waals surface area contributed by atoms with Gasteiger partial charge < -0.3 is 29.2 Å². The lowest BCUT2D eigenvalue weighted by atomic mass is 10.3. The summed E-state index contributed by atoms with van der Waals surface area (Å²) in [5.41, 5.74) is 0. The van der Waals surface area contributed by atoms with Crippen LogP contribution in [0.3, 0.4) is 0 Å². The predicted octanol–water partition coefficient (Wildman–Crippen LogP) is 2.58. The molecule has 1 unspecified atom stereocenters. The van der Waals surface area contributed by atoms with Crippen molar-refractivity contribution in [3.05, 3.63) is 74.4 Å². The summed E-state index contributed by atoms with van der Waals surface area (Å²) in [6, 6.07) is 5.70. The lowest BCUT2D eigenvalue weighted by molar-refractivity contribution is -0.146. The Labute approximate surface area is 230 Å². The average Bonchev–Trinajstić information content (AvgIpc) is 3.63. The number of rotatable bonds is 19. The quantitative estimate of drug-likeness (QED) is 0.116. The van der Waals surface area contributed by atoms with Crippen molar-refractivity contribution in [3.63, 3.8) is 0 Å². The summed E-state index contributed by atoms with van der Waals surface area (Å²) < 4.78 is 14.0. The van der Waals surface area contributed by atoms with Crippen LogP contribution in [0.5, 0.6) is 0 Å². The van der Waals surface area contributed by atoms with Gasteiger partial charge in [0.1, 0.15) is 25.3 Å². The maximum absolute atomic E-state index is 12.5. The molecule has 2 heterocycles. The standard InChI is InChI=1S/C26H34N4O6S2/c1-3-17-35-25(33)21(27-23(31)9-15-29-11-5-6-12-29)19-37-38-20-22(26(34)36-18-4-2)28-24(32)10-16-30-13-7-8-14-30/h3-8,11-14,21-22H,1-2,9-10,15-20H2,(H,27,31)(H,28,32)/t21-,22?/m0/s1. The SMILES string of the molecule is C=CCOC(=O)C(CSSC[C@H](NC(=O)CCn1cccc1)C(=O)OCC=C)NC(=O)CCn1cccc1. The van der Waals surface area contributed by atoms with E-state index in [1.54, 1.807) is 0 Å². The summed E-state index contributed by atoms with van der Waals surface area (Å²) in [7, 11) is 2.55. The van der Waals surface area contributed by atoms with E-state index < -0.39 is 24.0 Å². The molecule has 0 aliphatic heterocycles. The largest absolute Gasteiger partial charge is 0.460 e. The molecule has 0 aromatic carbocycles. The molecular formula is C26H34N4O6S2. The Balaban J connectivity index is 1.87. The molecule has 2 aromatic heterocycles. The van der Waals surface area contributed by atoms with Crippen molar-refractivity contribution in [2.75, 3.05) is 24.7 Å². The molecule has 0 saturated carbocycles. The van der Waals surface area contributed by atoms with Crippen LogP contribution in [-0.2, 0) is 41.7 Å². The van der Waals surface area contributed by atoms with Gasteiger partial charge in [0.15, 0.2) is 0 Å². The van der Waals surface area contributed by atoms with Crippen LogP contribution in [0.4, 0.5) is 0 Å². The second-order valence-corrected chi connectivity index (χ2v) is 10.5. The van der Waals surface area contributed by atoms with Crippen molar-refractivity contribution in [3.8, 4) is 0 Å². The van der Waals surface area contributed by atoms with Gasteiger partial charge in [-0.1, -0.05) is 46.9 Å². The average molecular weight is 563 g/mol. The van der Waals surface area contributed by atoms with Crippen molar-refractivity contribution in [1.82, 2.24) is 19.8 Å². The van der Waals surface area contributed by atoms with Gasteiger partial charge in [-0.2, -0.15) is 0 Å². The molecule has 206 valence electrons. The number of nitrogens with one attached hydrogen (secondary N) is 2. The van der Waals surface area contributed by atoms with E-state index in [1.807, 2.05) is 58.2 Å². The third-order valence-corrected chi connectivity index (χ3v) is 7.43. The second-order valence-electron chi connectivity index (χ2n) is 7.99. The summed E-state index contributed by atoms with van der Waals surface area (Å²) in [6.07, 6.45) is 10.7. The number of ether oxygens (including phenoxy) is 2. The van der Waals surface area contributed by atoms with Crippen molar-refractivity contribution < 1.29 is 28.7 Å². The van der Waals surface area contributed by atoms with E-state index in [1.165, 1.54) is 33.7 Å². The lowest BCUT2D eigenvalue weighted by Crippen LogP contribution is -2.44. The number of nitrogens with zero attached hydrogens (tertiary/aromatic N) is 2. The van der Waals surface area contributed by atoms with E-state index in [0.717, 1.165) is 0 Å². The molecular weight excluding hydrogens is 528 g/mol. The first-order valence-electron chi connectivity index (χ1n) is 12.0. The lowest BCUT2D eigenvalue weighted by Gasteiger charge is -2.19. The van der Waals surface area contributed by atoms with E-state index in [9.17, 15) is 19.2 Å². The van der Waals surface area contributed by atoms with Crippen LogP contribution < -0.4 is 10.6 Å². The van der Waals surface area contributed by atoms with E-state index in [0.29, 0.717) is 13.1 Å². The zero-order valence-corrected chi connectivity index (χ0v) is 22.8. The molecule has 2 rings (SSSR count). The Morgan fingerprint density at radius 1 is 0.711 bits per heavy atom. The number of amides is 2. The molecule has 0 bridgehead atoms. The maximum atomic E-state index is 12.5. The fraction of sp³-hybridized carbons (Fsp3) is 0.385. The van der Waals surface area contributed by atoms with Gasteiger partial charge >= 0.3 is 11.9 Å².